The van der Waals surface area contributed by atoms with Crippen LogP contribution in [-0.2, 0) is 22.6 Å². The summed E-state index contributed by atoms with van der Waals surface area (Å²) in [7, 11) is 0. The van der Waals surface area contributed by atoms with E-state index < -0.39 is 0 Å². The lowest BCUT2D eigenvalue weighted by molar-refractivity contribution is -0.145. The van der Waals surface area contributed by atoms with E-state index in [0.717, 1.165) is 16.6 Å². The first-order chi connectivity index (χ1) is 14.1. The van der Waals surface area contributed by atoms with Crippen LogP contribution in [0.1, 0.15) is 31.9 Å². The number of benzene rings is 2. The molecule has 6 nitrogen and oxygen atoms in total. The second kappa shape index (κ2) is 8.25. The van der Waals surface area contributed by atoms with Gasteiger partial charge in [0.15, 0.2) is 0 Å². The van der Waals surface area contributed by atoms with Gasteiger partial charge < -0.3 is 9.64 Å². The summed E-state index contributed by atoms with van der Waals surface area (Å²) in [6.45, 7) is 6.07. The van der Waals surface area contributed by atoms with Crippen LogP contribution < -0.4 is 5.69 Å². The number of fused-ring (bicyclic) bond motifs is 1. The maximum atomic E-state index is 13.0. The van der Waals surface area contributed by atoms with Crippen LogP contribution in [0, 0.1) is 0 Å². The number of hydrogen-bond donors (Lipinski definition) is 0. The SMILES string of the molecule is CCn1c(=O)n(CCC(=O)N2C[C@@H](C)O[C@H](c3ccccc3)C2)c2ccccc21. The number of carbonyl (C=O) groups excluding carboxylic acids is 1. The third kappa shape index (κ3) is 3.85. The number of para-hydroxylation sites is 2. The van der Waals surface area contributed by atoms with E-state index in [2.05, 4.69) is 0 Å². The number of ether oxygens (including phenoxy) is 1. The fourth-order valence-electron chi connectivity index (χ4n) is 4.17. The summed E-state index contributed by atoms with van der Waals surface area (Å²) in [6, 6.07) is 17.8. The van der Waals surface area contributed by atoms with Gasteiger partial charge in [-0.05, 0) is 31.5 Å². The largest absolute Gasteiger partial charge is 0.367 e. The van der Waals surface area contributed by atoms with Crippen LogP contribution in [0.15, 0.2) is 59.4 Å². The molecule has 0 spiro atoms. The van der Waals surface area contributed by atoms with E-state index in [1.165, 1.54) is 0 Å². The Bertz CT molecular complexity index is 1050. The molecule has 2 aromatic carbocycles. The molecule has 6 heteroatoms. The maximum Gasteiger partial charge on any atom is 0.329 e. The summed E-state index contributed by atoms with van der Waals surface area (Å²) in [4.78, 5) is 27.6. The molecule has 1 amide bonds. The van der Waals surface area contributed by atoms with Gasteiger partial charge in [-0.1, -0.05) is 42.5 Å². The summed E-state index contributed by atoms with van der Waals surface area (Å²) in [6.07, 6.45) is 0.155. The van der Waals surface area contributed by atoms with Gasteiger partial charge in [-0.3, -0.25) is 13.9 Å². The lowest BCUT2D eigenvalue weighted by Gasteiger charge is -2.37. The molecular weight excluding hydrogens is 366 g/mol. The van der Waals surface area contributed by atoms with Crippen molar-refractivity contribution in [1.82, 2.24) is 14.0 Å². The Morgan fingerprint density at radius 2 is 1.66 bits per heavy atom. The smallest absolute Gasteiger partial charge is 0.329 e. The van der Waals surface area contributed by atoms with E-state index in [9.17, 15) is 9.59 Å². The molecule has 152 valence electrons. The van der Waals surface area contributed by atoms with Crippen LogP contribution in [0.4, 0.5) is 0 Å². The average molecular weight is 393 g/mol. The zero-order valence-corrected chi connectivity index (χ0v) is 17.0. The first-order valence-electron chi connectivity index (χ1n) is 10.2. The first kappa shape index (κ1) is 19.5. The highest BCUT2D eigenvalue weighted by molar-refractivity contribution is 5.78. The molecule has 29 heavy (non-hydrogen) atoms. The minimum Gasteiger partial charge on any atom is -0.367 e. The fourth-order valence-corrected chi connectivity index (χ4v) is 4.17. The summed E-state index contributed by atoms with van der Waals surface area (Å²) < 4.78 is 9.53. The van der Waals surface area contributed by atoms with Gasteiger partial charge >= 0.3 is 5.69 Å². The second-order valence-corrected chi connectivity index (χ2v) is 7.56. The van der Waals surface area contributed by atoms with Crippen molar-refractivity contribution in [2.75, 3.05) is 13.1 Å². The fraction of sp³-hybridized carbons (Fsp3) is 0.391. The van der Waals surface area contributed by atoms with Gasteiger partial charge in [0.2, 0.25) is 5.91 Å². The number of amides is 1. The highest BCUT2D eigenvalue weighted by Gasteiger charge is 2.29. The third-order valence-corrected chi connectivity index (χ3v) is 5.57. The normalized spacial score (nSPS) is 19.6. The molecule has 3 aromatic rings. The second-order valence-electron chi connectivity index (χ2n) is 7.56. The Labute approximate surface area is 170 Å². The van der Waals surface area contributed by atoms with Gasteiger partial charge in [0.25, 0.3) is 0 Å². The Balaban J connectivity index is 1.49. The molecule has 1 fully saturated rings. The molecule has 1 aliphatic heterocycles. The van der Waals surface area contributed by atoms with Crippen molar-refractivity contribution >= 4 is 16.9 Å². The first-order valence-corrected chi connectivity index (χ1v) is 10.2. The van der Waals surface area contributed by atoms with Gasteiger partial charge in [-0.25, -0.2) is 4.79 Å². The molecule has 1 aliphatic rings. The molecule has 0 N–H and O–H groups in total. The van der Waals surface area contributed by atoms with Crippen molar-refractivity contribution in [3.8, 4) is 0 Å². The molecule has 1 aromatic heterocycles. The minimum absolute atomic E-state index is 0.0253. The number of hydrogen-bond acceptors (Lipinski definition) is 3. The van der Waals surface area contributed by atoms with E-state index in [1.807, 2.05) is 73.3 Å². The van der Waals surface area contributed by atoms with Gasteiger partial charge in [0.05, 0.1) is 23.7 Å². The van der Waals surface area contributed by atoms with Crippen molar-refractivity contribution in [2.24, 2.45) is 0 Å². The highest BCUT2D eigenvalue weighted by atomic mass is 16.5. The quantitative estimate of drug-likeness (QED) is 0.669. The molecule has 0 bridgehead atoms. The van der Waals surface area contributed by atoms with Crippen molar-refractivity contribution in [2.45, 2.75) is 45.6 Å². The van der Waals surface area contributed by atoms with Crippen LogP contribution in [0.5, 0.6) is 0 Å². The molecule has 0 radical (unpaired) electrons. The molecule has 0 aliphatic carbocycles. The molecule has 2 heterocycles. The zero-order chi connectivity index (χ0) is 20.4. The molecule has 1 saturated heterocycles. The number of morpholine rings is 1. The molecule has 0 saturated carbocycles. The molecule has 0 unspecified atom stereocenters. The van der Waals surface area contributed by atoms with Gasteiger partial charge in [0, 0.05) is 26.1 Å². The number of rotatable bonds is 5. The molecular formula is C23H27N3O3. The predicted molar refractivity (Wildman–Crippen MR) is 113 cm³/mol. The van der Waals surface area contributed by atoms with E-state index in [4.69, 9.17) is 4.74 Å². The van der Waals surface area contributed by atoms with Crippen LogP contribution in [-0.4, -0.2) is 39.1 Å². The van der Waals surface area contributed by atoms with E-state index in [-0.39, 0.29) is 23.8 Å². The highest BCUT2D eigenvalue weighted by Crippen LogP contribution is 2.25. The summed E-state index contributed by atoms with van der Waals surface area (Å²) in [5, 5.41) is 0. The van der Waals surface area contributed by atoms with Crippen LogP contribution in [0.3, 0.4) is 0 Å². The van der Waals surface area contributed by atoms with E-state index in [0.29, 0.717) is 32.6 Å². The number of imidazole rings is 1. The van der Waals surface area contributed by atoms with Gasteiger partial charge in [-0.2, -0.15) is 0 Å². The van der Waals surface area contributed by atoms with Crippen LogP contribution in [0.2, 0.25) is 0 Å². The minimum atomic E-state index is -0.117. The Hall–Kier alpha value is -2.86. The van der Waals surface area contributed by atoms with Crippen molar-refractivity contribution in [3.63, 3.8) is 0 Å². The number of aryl methyl sites for hydroxylation is 2. The third-order valence-electron chi connectivity index (χ3n) is 5.57. The summed E-state index contributed by atoms with van der Waals surface area (Å²) >= 11 is 0. The standard InChI is InChI=1S/C23H27N3O3/c1-3-25-19-11-7-8-12-20(19)26(23(25)28)14-13-22(27)24-15-17(2)29-21(16-24)18-9-5-4-6-10-18/h4-12,17,21H,3,13-16H2,1-2H3/t17-,21+/m1/s1. The van der Waals surface area contributed by atoms with Crippen molar-refractivity contribution in [1.29, 1.82) is 0 Å². The Kier molecular flexibility index (Phi) is 5.53. The van der Waals surface area contributed by atoms with Crippen molar-refractivity contribution in [3.05, 3.63) is 70.6 Å². The Morgan fingerprint density at radius 3 is 2.34 bits per heavy atom. The maximum absolute atomic E-state index is 13.0. The monoisotopic (exact) mass is 393 g/mol. The van der Waals surface area contributed by atoms with Crippen LogP contribution >= 0.6 is 0 Å². The van der Waals surface area contributed by atoms with Crippen LogP contribution in [0.25, 0.3) is 11.0 Å². The lowest BCUT2D eigenvalue weighted by atomic mass is 10.1. The lowest BCUT2D eigenvalue weighted by Crippen LogP contribution is -2.46. The topological polar surface area (TPSA) is 56.5 Å². The van der Waals surface area contributed by atoms with E-state index >= 15 is 0 Å². The summed E-state index contributed by atoms with van der Waals surface area (Å²) in [5.41, 5.74) is 2.82. The average Bonchev–Trinajstić information content (AvgIpc) is 3.02. The Morgan fingerprint density at radius 1 is 1.00 bits per heavy atom. The zero-order valence-electron chi connectivity index (χ0n) is 17.0. The number of carbonyl (C=O) groups is 1. The molecule has 2 atom stereocenters. The van der Waals surface area contributed by atoms with Gasteiger partial charge in [0.1, 0.15) is 6.10 Å². The molecule has 4 rings (SSSR count). The van der Waals surface area contributed by atoms with Gasteiger partial charge in [-0.15, -0.1) is 0 Å². The summed E-state index contributed by atoms with van der Waals surface area (Å²) in [5.74, 6) is 0.0568. The predicted octanol–water partition coefficient (Wildman–Crippen LogP) is 3.20. The van der Waals surface area contributed by atoms with Crippen molar-refractivity contribution < 1.29 is 9.53 Å². The number of nitrogens with zero attached hydrogens (tertiary/aromatic N) is 3. The number of aromatic nitrogens is 2. The van der Waals surface area contributed by atoms with E-state index in [1.54, 1.807) is 9.13 Å².